The summed E-state index contributed by atoms with van der Waals surface area (Å²) in [5.74, 6) is 1.68. The molecule has 1 atom stereocenters. The lowest BCUT2D eigenvalue weighted by Crippen LogP contribution is -2.56. The topological polar surface area (TPSA) is 97.4 Å². The molecule has 25 heavy (non-hydrogen) atoms. The van der Waals surface area contributed by atoms with Gasteiger partial charge in [-0.3, -0.25) is 9.69 Å². The van der Waals surface area contributed by atoms with E-state index in [1.807, 2.05) is 26.1 Å². The van der Waals surface area contributed by atoms with E-state index in [1.54, 1.807) is 16.0 Å². The van der Waals surface area contributed by atoms with Crippen molar-refractivity contribution in [2.45, 2.75) is 38.6 Å². The summed E-state index contributed by atoms with van der Waals surface area (Å²) in [6, 6.07) is 3.87. The summed E-state index contributed by atoms with van der Waals surface area (Å²) < 4.78 is 0. The highest BCUT2D eigenvalue weighted by Gasteiger charge is 2.45. The third kappa shape index (κ3) is 2.62. The number of fused-ring (bicyclic) bond motifs is 1. The maximum absolute atomic E-state index is 12.8. The molecule has 2 aromatic heterocycles. The third-order valence-electron chi connectivity index (χ3n) is 4.63. The van der Waals surface area contributed by atoms with Gasteiger partial charge < -0.3 is 20.3 Å². The minimum Gasteiger partial charge on any atom is -0.373 e. The molecule has 3 N–H and O–H groups in total. The predicted molar refractivity (Wildman–Crippen MR) is 94.2 cm³/mol. The standard InChI is InChI=1S/C17H22N6O2/c1-3-8-22-15-13(16(24)23(17(22)25)11-5-6-11)20-14(21-15)10-4-7-12(18-2)19-9-10/h4,7,9,11,17,25H,3,5-6,8H2,1-2H3,(H,18,19)(H,20,21). The van der Waals surface area contributed by atoms with E-state index in [4.69, 9.17) is 0 Å². The Morgan fingerprint density at radius 2 is 2.20 bits per heavy atom. The van der Waals surface area contributed by atoms with Gasteiger partial charge in [-0.1, -0.05) is 6.92 Å². The van der Waals surface area contributed by atoms with Crippen LogP contribution in [0.1, 0.15) is 36.7 Å². The first kappa shape index (κ1) is 15.9. The van der Waals surface area contributed by atoms with Crippen LogP contribution in [0.25, 0.3) is 11.4 Å². The van der Waals surface area contributed by atoms with E-state index in [2.05, 4.69) is 20.3 Å². The number of carbonyl (C=O) groups is 1. The molecule has 132 valence electrons. The number of nitrogens with zero attached hydrogens (tertiary/aromatic N) is 4. The van der Waals surface area contributed by atoms with Crippen LogP contribution in [0.15, 0.2) is 18.3 Å². The van der Waals surface area contributed by atoms with Crippen LogP contribution >= 0.6 is 0 Å². The third-order valence-corrected chi connectivity index (χ3v) is 4.63. The van der Waals surface area contributed by atoms with Crippen molar-refractivity contribution in [3.63, 3.8) is 0 Å². The van der Waals surface area contributed by atoms with Gasteiger partial charge in [-0.05, 0) is 31.4 Å². The van der Waals surface area contributed by atoms with Gasteiger partial charge in [0.2, 0.25) is 6.35 Å². The fourth-order valence-corrected chi connectivity index (χ4v) is 3.20. The quantitative estimate of drug-likeness (QED) is 0.764. The number of carbonyl (C=O) groups excluding carboxylic acids is 1. The fraction of sp³-hybridized carbons (Fsp3) is 0.471. The summed E-state index contributed by atoms with van der Waals surface area (Å²) in [6.45, 7) is 2.67. The summed E-state index contributed by atoms with van der Waals surface area (Å²) in [6.07, 6.45) is 3.49. The van der Waals surface area contributed by atoms with E-state index in [1.165, 1.54) is 0 Å². The molecule has 0 bridgehead atoms. The molecule has 0 spiro atoms. The minimum absolute atomic E-state index is 0.123. The number of H-pyrrole nitrogens is 1. The molecule has 0 radical (unpaired) electrons. The zero-order valence-corrected chi connectivity index (χ0v) is 14.4. The van der Waals surface area contributed by atoms with E-state index in [0.717, 1.165) is 30.6 Å². The first-order valence-electron chi connectivity index (χ1n) is 8.65. The molecule has 1 fully saturated rings. The predicted octanol–water partition coefficient (Wildman–Crippen LogP) is 1.62. The van der Waals surface area contributed by atoms with Gasteiger partial charge in [0.05, 0.1) is 0 Å². The van der Waals surface area contributed by atoms with Crippen LogP contribution in [0.2, 0.25) is 0 Å². The van der Waals surface area contributed by atoms with Gasteiger partial charge in [-0.15, -0.1) is 0 Å². The zero-order valence-electron chi connectivity index (χ0n) is 14.4. The monoisotopic (exact) mass is 342 g/mol. The van der Waals surface area contributed by atoms with Crippen molar-refractivity contribution in [3.05, 3.63) is 24.0 Å². The Kier molecular flexibility index (Phi) is 3.84. The lowest BCUT2D eigenvalue weighted by Gasteiger charge is -2.40. The summed E-state index contributed by atoms with van der Waals surface area (Å²) >= 11 is 0. The zero-order chi connectivity index (χ0) is 17.6. The second-order valence-electron chi connectivity index (χ2n) is 6.45. The largest absolute Gasteiger partial charge is 0.373 e. The Bertz CT molecular complexity index is 783. The number of anilines is 2. The summed E-state index contributed by atoms with van der Waals surface area (Å²) in [4.78, 5) is 28.2. The number of pyridine rings is 1. The van der Waals surface area contributed by atoms with E-state index in [-0.39, 0.29) is 11.9 Å². The Morgan fingerprint density at radius 3 is 2.80 bits per heavy atom. The Hall–Kier alpha value is -2.61. The molecule has 8 heteroatoms. The van der Waals surface area contributed by atoms with Gasteiger partial charge in [-0.2, -0.15) is 0 Å². The molecule has 1 amide bonds. The van der Waals surface area contributed by atoms with Crippen molar-refractivity contribution in [2.24, 2.45) is 0 Å². The lowest BCUT2D eigenvalue weighted by atomic mass is 10.2. The highest BCUT2D eigenvalue weighted by atomic mass is 16.3. The van der Waals surface area contributed by atoms with Gasteiger partial charge in [0.25, 0.3) is 5.91 Å². The van der Waals surface area contributed by atoms with E-state index in [0.29, 0.717) is 23.9 Å². The highest BCUT2D eigenvalue weighted by Crippen LogP contribution is 2.37. The van der Waals surface area contributed by atoms with Crippen molar-refractivity contribution >= 4 is 17.5 Å². The number of nitrogens with one attached hydrogen (secondary N) is 2. The average molecular weight is 342 g/mol. The smallest absolute Gasteiger partial charge is 0.277 e. The van der Waals surface area contributed by atoms with E-state index < -0.39 is 6.35 Å². The van der Waals surface area contributed by atoms with Crippen LogP contribution < -0.4 is 10.2 Å². The van der Waals surface area contributed by atoms with Gasteiger partial charge in [0.15, 0.2) is 5.82 Å². The molecule has 2 aromatic rings. The molecule has 1 aliphatic carbocycles. The van der Waals surface area contributed by atoms with Gasteiger partial charge in [0, 0.05) is 31.4 Å². The van der Waals surface area contributed by atoms with Crippen molar-refractivity contribution < 1.29 is 9.90 Å². The summed E-state index contributed by atoms with van der Waals surface area (Å²) in [7, 11) is 1.81. The fourth-order valence-electron chi connectivity index (χ4n) is 3.20. The van der Waals surface area contributed by atoms with Crippen LogP contribution in [-0.4, -0.2) is 56.9 Å². The van der Waals surface area contributed by atoms with Crippen LogP contribution in [0.3, 0.4) is 0 Å². The highest BCUT2D eigenvalue weighted by molar-refractivity contribution is 6.00. The summed E-state index contributed by atoms with van der Waals surface area (Å²) in [5.41, 5.74) is 1.24. The van der Waals surface area contributed by atoms with Crippen molar-refractivity contribution in [1.29, 1.82) is 0 Å². The Morgan fingerprint density at radius 1 is 1.40 bits per heavy atom. The molecule has 0 saturated heterocycles. The van der Waals surface area contributed by atoms with Gasteiger partial charge >= 0.3 is 0 Å². The van der Waals surface area contributed by atoms with Crippen LogP contribution in [0.5, 0.6) is 0 Å². The number of aromatic amines is 1. The van der Waals surface area contributed by atoms with E-state index in [9.17, 15) is 9.90 Å². The SMILES string of the molecule is CCCN1c2nc(-c3ccc(NC)nc3)[nH]c2C(=O)N(C2CC2)C1O. The number of imidazole rings is 1. The maximum atomic E-state index is 12.8. The van der Waals surface area contributed by atoms with Crippen LogP contribution in [0, 0.1) is 0 Å². The Labute approximate surface area is 145 Å². The molecule has 4 rings (SSSR count). The second-order valence-corrected chi connectivity index (χ2v) is 6.45. The first-order chi connectivity index (χ1) is 12.1. The molecule has 2 aliphatic rings. The molecular weight excluding hydrogens is 320 g/mol. The number of aliphatic hydroxyl groups excluding tert-OH is 1. The average Bonchev–Trinajstić information content (AvgIpc) is 3.36. The van der Waals surface area contributed by atoms with Crippen molar-refractivity contribution in [3.8, 4) is 11.4 Å². The van der Waals surface area contributed by atoms with Crippen molar-refractivity contribution in [1.82, 2.24) is 19.9 Å². The van der Waals surface area contributed by atoms with Crippen LogP contribution in [-0.2, 0) is 0 Å². The number of aromatic nitrogens is 3. The normalized spacial score (nSPS) is 20.0. The molecule has 1 unspecified atom stereocenters. The number of hydrogen-bond acceptors (Lipinski definition) is 6. The number of amides is 1. The first-order valence-corrected chi connectivity index (χ1v) is 8.65. The van der Waals surface area contributed by atoms with E-state index >= 15 is 0 Å². The number of rotatable bonds is 5. The number of aliphatic hydroxyl groups is 1. The summed E-state index contributed by atoms with van der Waals surface area (Å²) in [5, 5.41) is 13.7. The Balaban J connectivity index is 1.74. The second kappa shape index (κ2) is 6.03. The minimum atomic E-state index is -0.951. The lowest BCUT2D eigenvalue weighted by molar-refractivity contribution is -0.00312. The molecule has 8 nitrogen and oxygen atoms in total. The van der Waals surface area contributed by atoms with Crippen LogP contribution in [0.4, 0.5) is 11.6 Å². The molecular formula is C17H22N6O2. The molecule has 0 aromatic carbocycles. The van der Waals surface area contributed by atoms with Crippen molar-refractivity contribution in [2.75, 3.05) is 23.8 Å². The molecule has 3 heterocycles. The molecule has 1 aliphatic heterocycles. The molecule has 1 saturated carbocycles. The van der Waals surface area contributed by atoms with Gasteiger partial charge in [0.1, 0.15) is 17.3 Å². The van der Waals surface area contributed by atoms with Gasteiger partial charge in [-0.25, -0.2) is 9.97 Å². The number of hydrogen-bond donors (Lipinski definition) is 3. The maximum Gasteiger partial charge on any atom is 0.277 e.